The number of hydrogen-bond acceptors (Lipinski definition) is 3. The summed E-state index contributed by atoms with van der Waals surface area (Å²) in [5, 5.41) is 1.64. The number of amides is 1. The fraction of sp³-hybridized carbons (Fsp3) is 0.227. The molecule has 1 amide bonds. The number of aromatic nitrogens is 3. The fourth-order valence-electron chi connectivity index (χ4n) is 4.07. The molecule has 0 aliphatic carbocycles. The van der Waals surface area contributed by atoms with Crippen LogP contribution in [0.2, 0.25) is 0 Å². The number of nitrogens with zero attached hydrogens (tertiary/aromatic N) is 3. The highest BCUT2D eigenvalue weighted by atomic mass is 16.2. The number of hydrogen-bond donors (Lipinski definition) is 1. The Kier molecular flexibility index (Phi) is 3.97. The van der Waals surface area contributed by atoms with E-state index in [1.54, 1.807) is 17.0 Å². The molecule has 1 aliphatic rings. The second-order valence-electron chi connectivity index (χ2n) is 7.29. The number of carbonyl (C=O) groups excluding carboxylic acids is 1. The second kappa shape index (κ2) is 6.64. The van der Waals surface area contributed by atoms with Gasteiger partial charge in [0.15, 0.2) is 0 Å². The molecule has 1 aliphatic heterocycles. The van der Waals surface area contributed by atoms with E-state index in [1.807, 2.05) is 53.4 Å². The molecule has 6 heteroatoms. The lowest BCUT2D eigenvalue weighted by molar-refractivity contribution is 0.0672. The number of aromatic amines is 1. The fourth-order valence-corrected chi connectivity index (χ4v) is 4.07. The van der Waals surface area contributed by atoms with E-state index in [9.17, 15) is 9.59 Å². The molecule has 1 saturated heterocycles. The zero-order valence-electron chi connectivity index (χ0n) is 15.3. The smallest absolute Gasteiger partial charge is 0.270 e. The van der Waals surface area contributed by atoms with Gasteiger partial charge in [-0.25, -0.2) is 4.98 Å². The van der Waals surface area contributed by atoms with Gasteiger partial charge >= 0.3 is 0 Å². The van der Waals surface area contributed by atoms with E-state index in [0.29, 0.717) is 29.7 Å². The number of carbonyl (C=O) groups is 1. The lowest BCUT2D eigenvalue weighted by atomic mass is 10.0. The van der Waals surface area contributed by atoms with Crippen LogP contribution in [0, 0.1) is 0 Å². The number of rotatable bonds is 2. The van der Waals surface area contributed by atoms with Crippen molar-refractivity contribution in [3.8, 4) is 0 Å². The Balaban J connectivity index is 1.44. The minimum Gasteiger partial charge on any atom is -0.351 e. The van der Waals surface area contributed by atoms with Gasteiger partial charge in [0, 0.05) is 24.0 Å². The molecule has 2 aromatic heterocycles. The van der Waals surface area contributed by atoms with Gasteiger partial charge in [-0.05, 0) is 37.1 Å². The molecule has 1 fully saturated rings. The van der Waals surface area contributed by atoms with Crippen molar-refractivity contribution in [3.05, 3.63) is 77.0 Å². The van der Waals surface area contributed by atoms with Gasteiger partial charge in [-0.3, -0.25) is 14.2 Å². The quantitative estimate of drug-likeness (QED) is 0.587. The summed E-state index contributed by atoms with van der Waals surface area (Å²) in [6.07, 6.45) is 3.33. The number of H-pyrrole nitrogens is 1. The van der Waals surface area contributed by atoms with Gasteiger partial charge in [-0.2, -0.15) is 0 Å². The number of para-hydroxylation sites is 2. The highest BCUT2D eigenvalue weighted by molar-refractivity contribution is 5.98. The number of piperidine rings is 1. The summed E-state index contributed by atoms with van der Waals surface area (Å²) in [5.41, 5.74) is 2.20. The van der Waals surface area contributed by atoms with E-state index in [4.69, 9.17) is 0 Å². The van der Waals surface area contributed by atoms with Gasteiger partial charge in [0.05, 0.1) is 23.3 Å². The van der Waals surface area contributed by atoms with Gasteiger partial charge in [0.25, 0.3) is 11.5 Å². The first-order valence-electron chi connectivity index (χ1n) is 9.53. The molecule has 0 saturated carbocycles. The van der Waals surface area contributed by atoms with Crippen LogP contribution in [0.5, 0.6) is 0 Å². The van der Waals surface area contributed by atoms with Gasteiger partial charge in [-0.1, -0.05) is 30.3 Å². The number of likely N-dealkylation sites (tertiary alicyclic amines) is 1. The van der Waals surface area contributed by atoms with E-state index >= 15 is 0 Å². The van der Waals surface area contributed by atoms with Crippen molar-refractivity contribution in [3.63, 3.8) is 0 Å². The molecule has 3 heterocycles. The van der Waals surface area contributed by atoms with Crippen LogP contribution >= 0.6 is 0 Å². The topological polar surface area (TPSA) is 71.0 Å². The largest absolute Gasteiger partial charge is 0.351 e. The minimum atomic E-state index is -0.0633. The first kappa shape index (κ1) is 16.7. The van der Waals surface area contributed by atoms with Gasteiger partial charge in [0.1, 0.15) is 5.69 Å². The summed E-state index contributed by atoms with van der Waals surface area (Å²) in [4.78, 5) is 35.4. The molecule has 6 nitrogen and oxygen atoms in total. The molecule has 0 spiro atoms. The SMILES string of the molecule is O=C(c1cc2ccccc2[nH]1)N1CCC[C@@H](n2cnc3ccccc3c2=O)C1. The zero-order valence-corrected chi connectivity index (χ0v) is 15.3. The van der Waals surface area contributed by atoms with Crippen molar-refractivity contribution >= 4 is 27.7 Å². The monoisotopic (exact) mass is 372 g/mol. The van der Waals surface area contributed by atoms with Crippen LogP contribution in [0.15, 0.2) is 65.7 Å². The van der Waals surface area contributed by atoms with E-state index in [0.717, 1.165) is 23.7 Å². The molecule has 140 valence electrons. The van der Waals surface area contributed by atoms with Crippen LogP contribution in [0.1, 0.15) is 29.4 Å². The Morgan fingerprint density at radius 2 is 1.93 bits per heavy atom. The predicted octanol–water partition coefficient (Wildman–Crippen LogP) is 3.36. The summed E-state index contributed by atoms with van der Waals surface area (Å²) in [7, 11) is 0. The van der Waals surface area contributed by atoms with E-state index in [2.05, 4.69) is 9.97 Å². The molecular formula is C22H20N4O2. The Hall–Kier alpha value is -3.41. The molecule has 1 N–H and O–H groups in total. The lowest BCUT2D eigenvalue weighted by Gasteiger charge is -2.33. The first-order valence-corrected chi connectivity index (χ1v) is 9.53. The summed E-state index contributed by atoms with van der Waals surface area (Å²) in [5.74, 6) is -0.0253. The van der Waals surface area contributed by atoms with E-state index in [1.165, 1.54) is 0 Å². The van der Waals surface area contributed by atoms with Crippen molar-refractivity contribution in [2.45, 2.75) is 18.9 Å². The summed E-state index contributed by atoms with van der Waals surface area (Å²) in [6, 6.07) is 17.1. The Bertz CT molecular complexity index is 1210. The predicted molar refractivity (Wildman–Crippen MR) is 108 cm³/mol. The highest BCUT2D eigenvalue weighted by Crippen LogP contribution is 2.23. The molecule has 0 radical (unpaired) electrons. The number of fused-ring (bicyclic) bond motifs is 2. The first-order chi connectivity index (χ1) is 13.7. The third-order valence-electron chi connectivity index (χ3n) is 5.53. The van der Waals surface area contributed by atoms with Crippen molar-refractivity contribution in [2.24, 2.45) is 0 Å². The number of benzene rings is 2. The Morgan fingerprint density at radius 3 is 2.82 bits per heavy atom. The maximum atomic E-state index is 13.0. The maximum absolute atomic E-state index is 13.0. The van der Waals surface area contributed by atoms with Crippen LogP contribution in [0.3, 0.4) is 0 Å². The van der Waals surface area contributed by atoms with Crippen molar-refractivity contribution < 1.29 is 4.79 Å². The average Bonchev–Trinajstić information content (AvgIpc) is 3.18. The van der Waals surface area contributed by atoms with Crippen LogP contribution < -0.4 is 5.56 Å². The highest BCUT2D eigenvalue weighted by Gasteiger charge is 2.27. The van der Waals surface area contributed by atoms with Crippen molar-refractivity contribution in [1.82, 2.24) is 19.4 Å². The average molecular weight is 372 g/mol. The van der Waals surface area contributed by atoms with Crippen LogP contribution in [0.4, 0.5) is 0 Å². The molecule has 4 aromatic rings. The van der Waals surface area contributed by atoms with Crippen LogP contribution in [-0.4, -0.2) is 38.4 Å². The van der Waals surface area contributed by atoms with Gasteiger partial charge in [0.2, 0.25) is 0 Å². The standard InChI is InChI=1S/C22H20N4O2/c27-21-17-8-2-4-10-19(17)23-14-26(21)16-7-5-11-25(13-16)22(28)20-12-15-6-1-3-9-18(15)24-20/h1-4,6,8-10,12,14,16,24H,5,7,11,13H2/t16-/m1/s1. The lowest BCUT2D eigenvalue weighted by Crippen LogP contribution is -2.43. The van der Waals surface area contributed by atoms with Gasteiger partial charge < -0.3 is 9.88 Å². The molecule has 5 rings (SSSR count). The van der Waals surface area contributed by atoms with Crippen molar-refractivity contribution in [2.75, 3.05) is 13.1 Å². The Labute approximate surface area is 161 Å². The maximum Gasteiger partial charge on any atom is 0.270 e. The van der Waals surface area contributed by atoms with E-state index < -0.39 is 0 Å². The van der Waals surface area contributed by atoms with E-state index in [-0.39, 0.29) is 17.5 Å². The molecule has 2 aromatic carbocycles. The van der Waals surface area contributed by atoms with Gasteiger partial charge in [-0.15, -0.1) is 0 Å². The molecule has 0 bridgehead atoms. The third kappa shape index (κ3) is 2.78. The second-order valence-corrected chi connectivity index (χ2v) is 7.29. The normalized spacial score (nSPS) is 17.3. The van der Waals surface area contributed by atoms with Crippen molar-refractivity contribution in [1.29, 1.82) is 0 Å². The van der Waals surface area contributed by atoms with Crippen LogP contribution in [-0.2, 0) is 0 Å². The summed E-state index contributed by atoms with van der Waals surface area (Å²) < 4.78 is 1.69. The summed E-state index contributed by atoms with van der Waals surface area (Å²) >= 11 is 0. The zero-order chi connectivity index (χ0) is 19.1. The summed E-state index contributed by atoms with van der Waals surface area (Å²) in [6.45, 7) is 1.20. The molecule has 28 heavy (non-hydrogen) atoms. The number of nitrogens with one attached hydrogen (secondary N) is 1. The minimum absolute atomic E-state index is 0.0253. The molecular weight excluding hydrogens is 352 g/mol. The molecule has 0 unspecified atom stereocenters. The Morgan fingerprint density at radius 1 is 1.11 bits per heavy atom. The third-order valence-corrected chi connectivity index (χ3v) is 5.53. The molecule has 1 atom stereocenters. The van der Waals surface area contributed by atoms with Crippen LogP contribution in [0.25, 0.3) is 21.8 Å².